The highest BCUT2D eigenvalue weighted by Gasteiger charge is 2.29. The molecule has 0 saturated carbocycles. The fraction of sp³-hybridized carbons (Fsp3) is 0.278. The van der Waals surface area contributed by atoms with E-state index < -0.39 is 23.7 Å². The van der Waals surface area contributed by atoms with Crippen LogP contribution in [0, 0.1) is 0 Å². The molecule has 1 atom stereocenters. The molecule has 3 N–H and O–H groups in total. The molecule has 7 heteroatoms. The SMILES string of the molecule is C[C@H](NCc1ccc(OCc2ccc(C(F)(F)F)cc2)cc1)C(N)=O. The Labute approximate surface area is 143 Å². The minimum atomic E-state index is -4.34. The van der Waals surface area contributed by atoms with Crippen molar-refractivity contribution in [3.8, 4) is 5.75 Å². The summed E-state index contributed by atoms with van der Waals surface area (Å²) < 4.78 is 43.1. The van der Waals surface area contributed by atoms with Crippen molar-refractivity contribution in [2.24, 2.45) is 5.73 Å². The Hall–Kier alpha value is -2.54. The second kappa shape index (κ2) is 8.02. The molecular weight excluding hydrogens is 333 g/mol. The van der Waals surface area contributed by atoms with Crippen LogP contribution >= 0.6 is 0 Å². The molecule has 0 aromatic heterocycles. The van der Waals surface area contributed by atoms with Crippen LogP contribution in [0.4, 0.5) is 13.2 Å². The summed E-state index contributed by atoms with van der Waals surface area (Å²) in [4.78, 5) is 10.9. The molecular formula is C18H19F3N2O2. The molecule has 4 nitrogen and oxygen atoms in total. The Balaban J connectivity index is 1.86. The van der Waals surface area contributed by atoms with Crippen LogP contribution in [0.25, 0.3) is 0 Å². The molecule has 0 spiro atoms. The average molecular weight is 352 g/mol. The van der Waals surface area contributed by atoms with Gasteiger partial charge < -0.3 is 15.8 Å². The largest absolute Gasteiger partial charge is 0.489 e. The van der Waals surface area contributed by atoms with Gasteiger partial charge in [-0.3, -0.25) is 4.79 Å². The van der Waals surface area contributed by atoms with Crippen LogP contribution in [0.3, 0.4) is 0 Å². The van der Waals surface area contributed by atoms with E-state index in [2.05, 4.69) is 5.32 Å². The number of rotatable bonds is 7. The lowest BCUT2D eigenvalue weighted by Crippen LogP contribution is -2.38. The smallest absolute Gasteiger partial charge is 0.416 e. The van der Waals surface area contributed by atoms with Crippen molar-refractivity contribution >= 4 is 5.91 Å². The van der Waals surface area contributed by atoms with E-state index >= 15 is 0 Å². The molecule has 2 rings (SSSR count). The summed E-state index contributed by atoms with van der Waals surface area (Å²) in [5.74, 6) is 0.183. The zero-order valence-corrected chi connectivity index (χ0v) is 13.6. The minimum Gasteiger partial charge on any atom is -0.489 e. The Bertz CT molecular complexity index is 698. The van der Waals surface area contributed by atoms with E-state index in [1.807, 2.05) is 12.1 Å². The quantitative estimate of drug-likeness (QED) is 0.804. The van der Waals surface area contributed by atoms with Gasteiger partial charge in [0.25, 0.3) is 0 Å². The molecule has 0 aliphatic rings. The number of ether oxygens (including phenoxy) is 1. The number of amides is 1. The summed E-state index contributed by atoms with van der Waals surface area (Å²) in [6.07, 6.45) is -4.34. The van der Waals surface area contributed by atoms with Crippen LogP contribution in [0.1, 0.15) is 23.6 Å². The molecule has 0 heterocycles. The molecule has 25 heavy (non-hydrogen) atoms. The predicted molar refractivity (Wildman–Crippen MR) is 87.7 cm³/mol. The first-order valence-corrected chi connectivity index (χ1v) is 7.66. The van der Waals surface area contributed by atoms with Crippen molar-refractivity contribution in [3.63, 3.8) is 0 Å². The fourth-order valence-electron chi connectivity index (χ4n) is 2.03. The molecule has 2 aromatic rings. The van der Waals surface area contributed by atoms with Gasteiger partial charge in [0.1, 0.15) is 12.4 Å². The monoisotopic (exact) mass is 352 g/mol. The van der Waals surface area contributed by atoms with Gasteiger partial charge in [0, 0.05) is 6.54 Å². The molecule has 0 aliphatic heterocycles. The molecule has 0 saturated heterocycles. The van der Waals surface area contributed by atoms with Gasteiger partial charge in [0.2, 0.25) is 5.91 Å². The number of hydrogen-bond acceptors (Lipinski definition) is 3. The van der Waals surface area contributed by atoms with Crippen LogP contribution in [0.2, 0.25) is 0 Å². The molecule has 0 aliphatic carbocycles. The normalized spacial score (nSPS) is 12.6. The number of primary amides is 1. The number of nitrogens with two attached hydrogens (primary N) is 1. The van der Waals surface area contributed by atoms with Crippen LogP contribution in [-0.2, 0) is 24.1 Å². The van der Waals surface area contributed by atoms with Crippen molar-refractivity contribution in [3.05, 3.63) is 65.2 Å². The van der Waals surface area contributed by atoms with Gasteiger partial charge in [0.05, 0.1) is 11.6 Å². The first-order valence-electron chi connectivity index (χ1n) is 7.66. The first-order chi connectivity index (χ1) is 11.8. The number of alkyl halides is 3. The van der Waals surface area contributed by atoms with E-state index in [0.717, 1.165) is 17.7 Å². The Morgan fingerprint density at radius 1 is 1.08 bits per heavy atom. The second-order valence-corrected chi connectivity index (χ2v) is 5.63. The highest BCUT2D eigenvalue weighted by atomic mass is 19.4. The molecule has 0 radical (unpaired) electrons. The van der Waals surface area contributed by atoms with Gasteiger partial charge in [-0.25, -0.2) is 0 Å². The van der Waals surface area contributed by atoms with Gasteiger partial charge in [-0.15, -0.1) is 0 Å². The Morgan fingerprint density at radius 2 is 1.64 bits per heavy atom. The van der Waals surface area contributed by atoms with Crippen LogP contribution in [0.5, 0.6) is 5.75 Å². The lowest BCUT2D eigenvalue weighted by Gasteiger charge is -2.11. The van der Waals surface area contributed by atoms with Crippen molar-refractivity contribution < 1.29 is 22.7 Å². The maximum atomic E-state index is 12.5. The van der Waals surface area contributed by atoms with E-state index in [1.165, 1.54) is 12.1 Å². The highest BCUT2D eigenvalue weighted by molar-refractivity contribution is 5.79. The lowest BCUT2D eigenvalue weighted by atomic mass is 10.1. The van der Waals surface area contributed by atoms with Gasteiger partial charge >= 0.3 is 6.18 Å². The van der Waals surface area contributed by atoms with Crippen LogP contribution in [0.15, 0.2) is 48.5 Å². The first kappa shape index (κ1) is 18.8. The summed E-state index contributed by atoms with van der Waals surface area (Å²) in [7, 11) is 0. The fourth-order valence-corrected chi connectivity index (χ4v) is 2.03. The molecule has 0 bridgehead atoms. The lowest BCUT2D eigenvalue weighted by molar-refractivity contribution is -0.137. The maximum absolute atomic E-state index is 12.5. The van der Waals surface area contributed by atoms with Gasteiger partial charge in [-0.1, -0.05) is 24.3 Å². The van der Waals surface area contributed by atoms with E-state index in [4.69, 9.17) is 10.5 Å². The summed E-state index contributed by atoms with van der Waals surface area (Å²) >= 11 is 0. The summed E-state index contributed by atoms with van der Waals surface area (Å²) in [5.41, 5.74) is 6.09. The van der Waals surface area contributed by atoms with Crippen molar-refractivity contribution in [1.29, 1.82) is 0 Å². The van der Waals surface area contributed by atoms with E-state index in [1.54, 1.807) is 19.1 Å². The molecule has 0 fully saturated rings. The molecule has 0 unspecified atom stereocenters. The van der Waals surface area contributed by atoms with Crippen LogP contribution < -0.4 is 15.8 Å². The standard InChI is InChI=1S/C18H19F3N2O2/c1-12(17(22)24)23-10-13-4-8-16(9-5-13)25-11-14-2-6-15(7-3-14)18(19,20)21/h2-9,12,23H,10-11H2,1H3,(H2,22,24)/t12-/m0/s1. The predicted octanol–water partition coefficient (Wildman–Crippen LogP) is 3.25. The van der Waals surface area contributed by atoms with Crippen LogP contribution in [-0.4, -0.2) is 11.9 Å². The number of hydrogen-bond donors (Lipinski definition) is 2. The van der Waals surface area contributed by atoms with E-state index in [9.17, 15) is 18.0 Å². The highest BCUT2D eigenvalue weighted by Crippen LogP contribution is 2.29. The summed E-state index contributed by atoms with van der Waals surface area (Å²) in [6.45, 7) is 2.35. The summed E-state index contributed by atoms with van der Waals surface area (Å²) in [6, 6.07) is 11.6. The Kier molecular flexibility index (Phi) is 6.03. The molecule has 134 valence electrons. The number of halogens is 3. The molecule has 1 amide bonds. The van der Waals surface area contributed by atoms with Crippen molar-refractivity contribution in [2.45, 2.75) is 32.3 Å². The second-order valence-electron chi connectivity index (χ2n) is 5.63. The third kappa shape index (κ3) is 5.79. The maximum Gasteiger partial charge on any atom is 0.416 e. The number of benzene rings is 2. The minimum absolute atomic E-state index is 0.175. The zero-order chi connectivity index (χ0) is 18.4. The van der Waals surface area contributed by atoms with Crippen molar-refractivity contribution in [1.82, 2.24) is 5.32 Å². The number of nitrogens with one attached hydrogen (secondary N) is 1. The number of carbonyl (C=O) groups is 1. The Morgan fingerprint density at radius 3 is 2.16 bits per heavy atom. The van der Waals surface area contributed by atoms with Crippen molar-refractivity contribution in [2.75, 3.05) is 0 Å². The van der Waals surface area contributed by atoms with Gasteiger partial charge in [-0.2, -0.15) is 13.2 Å². The number of carbonyl (C=O) groups excluding carboxylic acids is 1. The third-order valence-electron chi connectivity index (χ3n) is 3.65. The van der Waals surface area contributed by atoms with Gasteiger partial charge in [0.15, 0.2) is 0 Å². The van der Waals surface area contributed by atoms with E-state index in [-0.39, 0.29) is 6.61 Å². The summed E-state index contributed by atoms with van der Waals surface area (Å²) in [5, 5.41) is 2.99. The third-order valence-corrected chi connectivity index (χ3v) is 3.65. The van der Waals surface area contributed by atoms with Gasteiger partial charge in [-0.05, 0) is 42.3 Å². The zero-order valence-electron chi connectivity index (χ0n) is 13.6. The topological polar surface area (TPSA) is 64.3 Å². The van der Waals surface area contributed by atoms with E-state index in [0.29, 0.717) is 17.9 Å². The molecule has 2 aromatic carbocycles. The average Bonchev–Trinajstić information content (AvgIpc) is 2.58.